The summed E-state index contributed by atoms with van der Waals surface area (Å²) in [5.41, 5.74) is 3.06. The average molecular weight is 417 g/mol. The summed E-state index contributed by atoms with van der Waals surface area (Å²) in [6, 6.07) is 13.4. The Morgan fingerprint density at radius 3 is 2.32 bits per heavy atom. The SMILES string of the molecule is CCN(c1ccc(-c2csc(Nc3ccc(C(=O)[O-])cc3)n2)cc1)S(C)(=O)=O. The molecule has 1 aromatic heterocycles. The van der Waals surface area contributed by atoms with Crippen LogP contribution in [0.25, 0.3) is 11.3 Å². The summed E-state index contributed by atoms with van der Waals surface area (Å²) in [6.45, 7) is 2.15. The first-order chi connectivity index (χ1) is 13.3. The van der Waals surface area contributed by atoms with Gasteiger partial charge in [-0.3, -0.25) is 4.31 Å². The molecule has 0 fully saturated rings. The zero-order valence-corrected chi connectivity index (χ0v) is 16.9. The number of nitrogens with one attached hydrogen (secondary N) is 1. The molecule has 1 N–H and O–H groups in total. The summed E-state index contributed by atoms with van der Waals surface area (Å²) in [5.74, 6) is -1.22. The largest absolute Gasteiger partial charge is 0.545 e. The van der Waals surface area contributed by atoms with Crippen LogP contribution in [-0.4, -0.2) is 32.2 Å². The molecular weight excluding hydrogens is 398 g/mol. The van der Waals surface area contributed by atoms with E-state index in [1.54, 1.807) is 31.2 Å². The maximum Gasteiger partial charge on any atom is 0.232 e. The Balaban J connectivity index is 1.75. The lowest BCUT2D eigenvalue weighted by molar-refractivity contribution is -0.255. The van der Waals surface area contributed by atoms with Crippen molar-refractivity contribution in [2.45, 2.75) is 6.92 Å². The number of aromatic nitrogens is 1. The van der Waals surface area contributed by atoms with Gasteiger partial charge in [-0.25, -0.2) is 13.4 Å². The van der Waals surface area contributed by atoms with Crippen LogP contribution >= 0.6 is 11.3 Å². The normalized spacial score (nSPS) is 11.2. The minimum Gasteiger partial charge on any atom is -0.545 e. The highest BCUT2D eigenvalue weighted by Crippen LogP contribution is 2.29. The van der Waals surface area contributed by atoms with Gasteiger partial charge in [0.1, 0.15) is 0 Å². The Morgan fingerprint density at radius 2 is 1.79 bits per heavy atom. The molecular formula is C19H18N3O4S2-. The fraction of sp³-hybridized carbons (Fsp3) is 0.158. The van der Waals surface area contributed by atoms with Gasteiger partial charge >= 0.3 is 0 Å². The molecule has 146 valence electrons. The van der Waals surface area contributed by atoms with Crippen LogP contribution in [0.2, 0.25) is 0 Å². The van der Waals surface area contributed by atoms with Gasteiger partial charge in [0.05, 0.1) is 23.6 Å². The number of rotatable bonds is 7. The van der Waals surface area contributed by atoms with E-state index < -0.39 is 16.0 Å². The van der Waals surface area contributed by atoms with Crippen LogP contribution in [0.5, 0.6) is 0 Å². The number of anilines is 3. The summed E-state index contributed by atoms with van der Waals surface area (Å²) in [7, 11) is -3.32. The van der Waals surface area contributed by atoms with Crippen LogP contribution in [0, 0.1) is 0 Å². The van der Waals surface area contributed by atoms with Gasteiger partial charge in [0.15, 0.2) is 5.13 Å². The highest BCUT2D eigenvalue weighted by Gasteiger charge is 2.15. The van der Waals surface area contributed by atoms with Gasteiger partial charge in [-0.15, -0.1) is 11.3 Å². The summed E-state index contributed by atoms with van der Waals surface area (Å²) in [6.07, 6.45) is 1.18. The smallest absolute Gasteiger partial charge is 0.232 e. The molecule has 0 amide bonds. The molecule has 3 aromatic rings. The molecule has 28 heavy (non-hydrogen) atoms. The summed E-state index contributed by atoms with van der Waals surface area (Å²) in [5, 5.41) is 16.5. The Kier molecular flexibility index (Phi) is 5.66. The van der Waals surface area contributed by atoms with Gasteiger partial charge in [0.25, 0.3) is 0 Å². The highest BCUT2D eigenvalue weighted by molar-refractivity contribution is 7.92. The first kappa shape index (κ1) is 19.8. The average Bonchev–Trinajstić information content (AvgIpc) is 3.10. The van der Waals surface area contributed by atoms with Crippen molar-refractivity contribution in [2.75, 3.05) is 22.4 Å². The Morgan fingerprint density at radius 1 is 1.14 bits per heavy atom. The second kappa shape index (κ2) is 7.99. The molecule has 0 aliphatic carbocycles. The highest BCUT2D eigenvalue weighted by atomic mass is 32.2. The van der Waals surface area contributed by atoms with E-state index in [9.17, 15) is 18.3 Å². The van der Waals surface area contributed by atoms with Crippen LogP contribution in [0.15, 0.2) is 53.9 Å². The number of carboxylic acids is 1. The third-order valence-corrected chi connectivity index (χ3v) is 6.04. The van der Waals surface area contributed by atoms with Crippen molar-refractivity contribution < 1.29 is 18.3 Å². The number of aromatic carboxylic acids is 1. The van der Waals surface area contributed by atoms with E-state index >= 15 is 0 Å². The number of carboxylic acid groups (broad SMARTS) is 1. The number of nitrogens with zero attached hydrogens (tertiary/aromatic N) is 2. The fourth-order valence-electron chi connectivity index (χ4n) is 2.68. The van der Waals surface area contributed by atoms with Crippen molar-refractivity contribution in [1.29, 1.82) is 0 Å². The van der Waals surface area contributed by atoms with Crippen LogP contribution < -0.4 is 14.7 Å². The van der Waals surface area contributed by atoms with E-state index in [1.807, 2.05) is 17.5 Å². The zero-order chi connectivity index (χ0) is 20.3. The van der Waals surface area contributed by atoms with Crippen molar-refractivity contribution in [3.8, 4) is 11.3 Å². The van der Waals surface area contributed by atoms with E-state index in [2.05, 4.69) is 10.3 Å². The van der Waals surface area contributed by atoms with Gasteiger partial charge in [-0.05, 0) is 36.8 Å². The summed E-state index contributed by atoms with van der Waals surface area (Å²) >= 11 is 1.41. The molecule has 0 saturated carbocycles. The van der Waals surface area contributed by atoms with Gasteiger partial charge in [0.2, 0.25) is 10.0 Å². The van der Waals surface area contributed by atoms with Crippen molar-refractivity contribution in [3.05, 3.63) is 59.5 Å². The van der Waals surface area contributed by atoms with Crippen molar-refractivity contribution in [1.82, 2.24) is 4.98 Å². The van der Waals surface area contributed by atoms with Crippen LogP contribution in [0.4, 0.5) is 16.5 Å². The Bertz CT molecular complexity index is 1080. The number of carbonyl (C=O) groups excluding carboxylic acids is 1. The van der Waals surface area contributed by atoms with E-state index in [1.165, 1.54) is 34.0 Å². The lowest BCUT2D eigenvalue weighted by atomic mass is 10.1. The second-order valence-corrected chi connectivity index (χ2v) is 8.77. The first-order valence-corrected chi connectivity index (χ1v) is 11.1. The monoisotopic (exact) mass is 416 g/mol. The van der Waals surface area contributed by atoms with Crippen molar-refractivity contribution in [2.24, 2.45) is 0 Å². The molecule has 0 aliphatic heterocycles. The molecule has 7 nitrogen and oxygen atoms in total. The maximum absolute atomic E-state index is 11.8. The van der Waals surface area contributed by atoms with Crippen LogP contribution in [0.3, 0.4) is 0 Å². The van der Waals surface area contributed by atoms with Crippen LogP contribution in [-0.2, 0) is 10.0 Å². The van der Waals surface area contributed by atoms with Crippen LogP contribution in [0.1, 0.15) is 17.3 Å². The lowest BCUT2D eigenvalue weighted by Crippen LogP contribution is -2.29. The van der Waals surface area contributed by atoms with Gasteiger partial charge in [-0.2, -0.15) is 0 Å². The second-order valence-electron chi connectivity index (χ2n) is 6.00. The number of benzene rings is 2. The number of hydrogen-bond acceptors (Lipinski definition) is 7. The Labute approximate surface area is 167 Å². The van der Waals surface area contributed by atoms with E-state index in [0.29, 0.717) is 23.1 Å². The van der Waals surface area contributed by atoms with E-state index in [-0.39, 0.29) is 5.56 Å². The number of hydrogen-bond donors (Lipinski definition) is 1. The number of sulfonamides is 1. The van der Waals surface area contributed by atoms with E-state index in [0.717, 1.165) is 11.3 Å². The molecule has 0 radical (unpaired) electrons. The van der Waals surface area contributed by atoms with Crippen molar-refractivity contribution >= 4 is 43.8 Å². The van der Waals surface area contributed by atoms with Gasteiger partial charge in [0, 0.05) is 23.2 Å². The first-order valence-electron chi connectivity index (χ1n) is 8.40. The summed E-state index contributed by atoms with van der Waals surface area (Å²) in [4.78, 5) is 15.3. The lowest BCUT2D eigenvalue weighted by Gasteiger charge is -2.20. The molecule has 0 atom stereocenters. The molecule has 0 unspecified atom stereocenters. The molecule has 0 spiro atoms. The predicted octanol–water partition coefficient (Wildman–Crippen LogP) is 2.70. The molecule has 2 aromatic carbocycles. The van der Waals surface area contributed by atoms with Gasteiger partial charge in [-0.1, -0.05) is 24.3 Å². The Hall–Kier alpha value is -2.91. The quantitative estimate of drug-likeness (QED) is 0.635. The standard InChI is InChI=1S/C19H19N3O4S2/c1-3-22(28(2,25)26)16-10-6-13(7-11-16)17-12-27-19(21-17)20-15-8-4-14(5-9-15)18(23)24/h4-12H,3H2,1-2H3,(H,20,21)(H,23,24)/p-1. The van der Waals surface area contributed by atoms with E-state index in [4.69, 9.17) is 0 Å². The number of thiazole rings is 1. The predicted molar refractivity (Wildman–Crippen MR) is 109 cm³/mol. The molecule has 1 heterocycles. The molecule has 9 heteroatoms. The maximum atomic E-state index is 11.8. The van der Waals surface area contributed by atoms with Gasteiger partial charge < -0.3 is 15.2 Å². The minimum absolute atomic E-state index is 0.112. The molecule has 3 rings (SSSR count). The topological polar surface area (TPSA) is 102 Å². The minimum atomic E-state index is -3.32. The molecule has 0 bridgehead atoms. The number of carbonyl (C=O) groups is 1. The summed E-state index contributed by atoms with van der Waals surface area (Å²) < 4.78 is 25.0. The molecule has 0 aliphatic rings. The third-order valence-electron chi connectivity index (χ3n) is 4.01. The van der Waals surface area contributed by atoms with Crippen molar-refractivity contribution in [3.63, 3.8) is 0 Å². The third kappa shape index (κ3) is 4.49. The zero-order valence-electron chi connectivity index (χ0n) is 15.2. The molecule has 0 saturated heterocycles. The fourth-order valence-corrected chi connectivity index (χ4v) is 4.40.